The van der Waals surface area contributed by atoms with E-state index in [1.807, 2.05) is 6.07 Å². The zero-order valence-corrected chi connectivity index (χ0v) is 10.3. The van der Waals surface area contributed by atoms with Crippen molar-refractivity contribution < 1.29 is 9.13 Å². The van der Waals surface area contributed by atoms with Crippen LogP contribution < -0.4 is 5.73 Å². The monoisotopic (exact) mass is 275 g/mol. The maximum Gasteiger partial charge on any atom is 0.124 e. The predicted octanol–water partition coefficient (Wildman–Crippen LogP) is 2.49. The maximum absolute atomic E-state index is 13.0. The van der Waals surface area contributed by atoms with Gasteiger partial charge in [-0.1, -0.05) is 15.9 Å². The Morgan fingerprint density at radius 2 is 2.20 bits per heavy atom. The van der Waals surface area contributed by atoms with Crippen LogP contribution in [0.1, 0.15) is 12.0 Å². The van der Waals surface area contributed by atoms with Crippen LogP contribution in [0.3, 0.4) is 0 Å². The molecular weight excluding hydrogens is 261 g/mol. The van der Waals surface area contributed by atoms with E-state index in [9.17, 15) is 4.39 Å². The lowest BCUT2D eigenvalue weighted by molar-refractivity contribution is 0.188. The van der Waals surface area contributed by atoms with Crippen LogP contribution >= 0.6 is 15.9 Å². The Labute approximate surface area is 97.7 Å². The summed E-state index contributed by atoms with van der Waals surface area (Å²) in [6, 6.07) is 4.84. The number of rotatable bonds is 5. The van der Waals surface area contributed by atoms with Gasteiger partial charge in [0.25, 0.3) is 0 Å². The van der Waals surface area contributed by atoms with Crippen molar-refractivity contribution in [1.29, 1.82) is 0 Å². The number of halogens is 2. The zero-order valence-electron chi connectivity index (χ0n) is 8.67. The average molecular weight is 276 g/mol. The molecule has 1 aromatic rings. The summed E-state index contributed by atoms with van der Waals surface area (Å²) < 4.78 is 18.7. The van der Waals surface area contributed by atoms with Gasteiger partial charge in [0.2, 0.25) is 0 Å². The molecule has 0 aliphatic heterocycles. The molecule has 0 saturated heterocycles. The minimum Gasteiger partial charge on any atom is -0.385 e. The smallest absolute Gasteiger partial charge is 0.124 e. The minimum atomic E-state index is -0.238. The molecule has 0 amide bonds. The molecule has 15 heavy (non-hydrogen) atoms. The zero-order chi connectivity index (χ0) is 11.3. The van der Waals surface area contributed by atoms with Crippen molar-refractivity contribution in [3.05, 3.63) is 34.1 Å². The SMILES string of the molecule is COCCC(N)Cc1cc(F)cc(Br)c1. The van der Waals surface area contributed by atoms with Crippen LogP contribution in [0.4, 0.5) is 4.39 Å². The molecule has 1 rings (SSSR count). The lowest BCUT2D eigenvalue weighted by Gasteiger charge is -2.11. The molecule has 2 N–H and O–H groups in total. The molecule has 2 nitrogen and oxygen atoms in total. The fourth-order valence-electron chi connectivity index (χ4n) is 1.40. The van der Waals surface area contributed by atoms with Crippen molar-refractivity contribution in [2.24, 2.45) is 5.73 Å². The summed E-state index contributed by atoms with van der Waals surface area (Å²) in [5, 5.41) is 0. The Hall–Kier alpha value is -0.450. The third kappa shape index (κ3) is 4.73. The van der Waals surface area contributed by atoms with Crippen molar-refractivity contribution in [1.82, 2.24) is 0 Å². The van der Waals surface area contributed by atoms with Gasteiger partial charge in [0.1, 0.15) is 5.82 Å². The summed E-state index contributed by atoms with van der Waals surface area (Å²) in [6.07, 6.45) is 1.45. The van der Waals surface area contributed by atoms with Gasteiger partial charge in [0.15, 0.2) is 0 Å². The Morgan fingerprint density at radius 1 is 1.47 bits per heavy atom. The molecule has 0 radical (unpaired) electrons. The fourth-order valence-corrected chi connectivity index (χ4v) is 1.92. The molecule has 0 spiro atoms. The van der Waals surface area contributed by atoms with E-state index in [0.717, 1.165) is 16.5 Å². The molecule has 0 heterocycles. The molecule has 1 aromatic carbocycles. The number of methoxy groups -OCH3 is 1. The Kier molecular flexibility index (Phi) is 5.22. The topological polar surface area (TPSA) is 35.2 Å². The quantitative estimate of drug-likeness (QED) is 0.896. The summed E-state index contributed by atoms with van der Waals surface area (Å²) in [6.45, 7) is 0.637. The van der Waals surface area contributed by atoms with Gasteiger partial charge < -0.3 is 10.5 Å². The first kappa shape index (κ1) is 12.6. The van der Waals surface area contributed by atoms with Crippen LogP contribution in [0.25, 0.3) is 0 Å². The molecule has 4 heteroatoms. The predicted molar refractivity (Wildman–Crippen MR) is 62.3 cm³/mol. The van der Waals surface area contributed by atoms with E-state index in [-0.39, 0.29) is 11.9 Å². The van der Waals surface area contributed by atoms with Gasteiger partial charge >= 0.3 is 0 Å². The standard InChI is InChI=1S/C11H15BrFNO/c1-15-3-2-11(14)6-8-4-9(12)7-10(13)5-8/h4-5,7,11H,2-3,6,14H2,1H3. The van der Waals surface area contributed by atoms with E-state index in [0.29, 0.717) is 13.0 Å². The third-order valence-electron chi connectivity index (χ3n) is 2.11. The normalized spacial score (nSPS) is 12.8. The summed E-state index contributed by atoms with van der Waals surface area (Å²) in [5.41, 5.74) is 6.78. The van der Waals surface area contributed by atoms with Gasteiger partial charge in [-0.05, 0) is 36.6 Å². The van der Waals surface area contributed by atoms with E-state index < -0.39 is 0 Å². The van der Waals surface area contributed by atoms with E-state index >= 15 is 0 Å². The molecule has 0 fully saturated rings. The molecule has 0 bridgehead atoms. The molecular formula is C11H15BrFNO. The van der Waals surface area contributed by atoms with Crippen LogP contribution in [0.2, 0.25) is 0 Å². The van der Waals surface area contributed by atoms with Crippen LogP contribution in [0.15, 0.2) is 22.7 Å². The molecule has 0 saturated carbocycles. The maximum atomic E-state index is 13.0. The summed E-state index contributed by atoms with van der Waals surface area (Å²) in [7, 11) is 1.64. The summed E-state index contributed by atoms with van der Waals surface area (Å²) in [4.78, 5) is 0. The number of hydrogen-bond acceptors (Lipinski definition) is 2. The molecule has 0 aliphatic rings. The molecule has 1 atom stereocenters. The highest BCUT2D eigenvalue weighted by Gasteiger charge is 2.05. The lowest BCUT2D eigenvalue weighted by Crippen LogP contribution is -2.24. The second-order valence-electron chi connectivity index (χ2n) is 3.52. The third-order valence-corrected chi connectivity index (χ3v) is 2.57. The molecule has 1 unspecified atom stereocenters. The Bertz CT molecular complexity index is 299. The van der Waals surface area contributed by atoms with Crippen molar-refractivity contribution in [2.75, 3.05) is 13.7 Å². The van der Waals surface area contributed by atoms with E-state index in [4.69, 9.17) is 10.5 Å². The first-order valence-electron chi connectivity index (χ1n) is 4.81. The average Bonchev–Trinajstić information content (AvgIpc) is 2.13. The van der Waals surface area contributed by atoms with Crippen molar-refractivity contribution >= 4 is 15.9 Å². The first-order valence-corrected chi connectivity index (χ1v) is 5.60. The number of hydrogen-bond donors (Lipinski definition) is 1. The van der Waals surface area contributed by atoms with Gasteiger partial charge in [0.05, 0.1) is 0 Å². The second kappa shape index (κ2) is 6.20. The number of ether oxygens (including phenoxy) is 1. The van der Waals surface area contributed by atoms with Crippen molar-refractivity contribution in [3.8, 4) is 0 Å². The van der Waals surface area contributed by atoms with Crippen molar-refractivity contribution in [3.63, 3.8) is 0 Å². The fraction of sp³-hybridized carbons (Fsp3) is 0.455. The van der Waals surface area contributed by atoms with Crippen LogP contribution in [-0.4, -0.2) is 19.8 Å². The largest absolute Gasteiger partial charge is 0.385 e. The van der Waals surface area contributed by atoms with Gasteiger partial charge in [-0.25, -0.2) is 4.39 Å². The molecule has 84 valence electrons. The first-order chi connectivity index (χ1) is 7.11. The summed E-state index contributed by atoms with van der Waals surface area (Å²) >= 11 is 3.25. The van der Waals surface area contributed by atoms with Crippen LogP contribution in [0, 0.1) is 5.82 Å². The molecule has 0 aliphatic carbocycles. The van der Waals surface area contributed by atoms with Gasteiger partial charge in [-0.15, -0.1) is 0 Å². The van der Waals surface area contributed by atoms with Crippen molar-refractivity contribution in [2.45, 2.75) is 18.9 Å². The van der Waals surface area contributed by atoms with Gasteiger partial charge in [-0.2, -0.15) is 0 Å². The van der Waals surface area contributed by atoms with E-state index in [1.54, 1.807) is 7.11 Å². The Morgan fingerprint density at radius 3 is 2.80 bits per heavy atom. The van der Waals surface area contributed by atoms with Gasteiger partial charge in [-0.3, -0.25) is 0 Å². The highest BCUT2D eigenvalue weighted by atomic mass is 79.9. The van der Waals surface area contributed by atoms with Crippen LogP contribution in [0.5, 0.6) is 0 Å². The number of benzene rings is 1. The van der Waals surface area contributed by atoms with E-state index in [2.05, 4.69) is 15.9 Å². The van der Waals surface area contributed by atoms with Crippen LogP contribution in [-0.2, 0) is 11.2 Å². The highest BCUT2D eigenvalue weighted by molar-refractivity contribution is 9.10. The second-order valence-corrected chi connectivity index (χ2v) is 4.44. The molecule has 0 aromatic heterocycles. The van der Waals surface area contributed by atoms with E-state index in [1.165, 1.54) is 12.1 Å². The summed E-state index contributed by atoms with van der Waals surface area (Å²) in [5.74, 6) is -0.238. The van der Waals surface area contributed by atoms with Gasteiger partial charge in [0, 0.05) is 24.2 Å². The lowest BCUT2D eigenvalue weighted by atomic mass is 10.0. The highest BCUT2D eigenvalue weighted by Crippen LogP contribution is 2.16. The number of nitrogens with two attached hydrogens (primary N) is 1. The minimum absolute atomic E-state index is 0.0126. The Balaban J connectivity index is 2.56.